The zero-order valence-electron chi connectivity index (χ0n) is 18.0. The largest absolute Gasteiger partial charge is 0.461 e. The standard InChI is InChI=1S/C12H16O3.C12H14O3/c2*1-12(2,8-13)9-15-11(14)10-6-4-3-5-7-10/h3-7,13H,8-9H2,1-2H3;3-8H,9H2,1-2H3. The van der Waals surface area contributed by atoms with Gasteiger partial charge in [-0.05, 0) is 38.1 Å². The summed E-state index contributed by atoms with van der Waals surface area (Å²) in [4.78, 5) is 33.6. The Bertz CT molecular complexity index is 797. The van der Waals surface area contributed by atoms with Crippen LogP contribution in [0.1, 0.15) is 48.4 Å². The van der Waals surface area contributed by atoms with Gasteiger partial charge in [0.2, 0.25) is 0 Å². The zero-order chi connectivity index (χ0) is 22.6. The van der Waals surface area contributed by atoms with Crippen LogP contribution >= 0.6 is 0 Å². The molecule has 30 heavy (non-hydrogen) atoms. The van der Waals surface area contributed by atoms with E-state index in [0.717, 1.165) is 6.29 Å². The fourth-order valence-electron chi connectivity index (χ4n) is 1.91. The molecule has 0 saturated heterocycles. The molecule has 6 heteroatoms. The van der Waals surface area contributed by atoms with Gasteiger partial charge in [0.05, 0.1) is 29.8 Å². The van der Waals surface area contributed by atoms with Crippen molar-refractivity contribution in [1.29, 1.82) is 0 Å². The van der Waals surface area contributed by atoms with E-state index in [9.17, 15) is 14.4 Å². The molecule has 0 bridgehead atoms. The Morgan fingerprint density at radius 3 is 1.57 bits per heavy atom. The van der Waals surface area contributed by atoms with Crippen LogP contribution in [-0.4, -0.2) is 43.2 Å². The number of aliphatic hydroxyl groups excluding tert-OH is 1. The third kappa shape index (κ3) is 9.47. The van der Waals surface area contributed by atoms with Crippen molar-refractivity contribution < 1.29 is 29.0 Å². The first-order valence-corrected chi connectivity index (χ1v) is 9.62. The second kappa shape index (κ2) is 11.9. The Kier molecular flexibility index (Phi) is 9.92. The van der Waals surface area contributed by atoms with E-state index in [2.05, 4.69) is 0 Å². The molecule has 0 aliphatic carbocycles. The van der Waals surface area contributed by atoms with Gasteiger partial charge < -0.3 is 19.4 Å². The number of ether oxygens (including phenoxy) is 2. The van der Waals surface area contributed by atoms with Crippen LogP contribution in [0.3, 0.4) is 0 Å². The summed E-state index contributed by atoms with van der Waals surface area (Å²) in [6.07, 6.45) is 0.783. The molecule has 0 aliphatic heterocycles. The summed E-state index contributed by atoms with van der Waals surface area (Å²) in [5.74, 6) is -0.748. The molecule has 0 amide bonds. The van der Waals surface area contributed by atoms with Gasteiger partial charge in [0.25, 0.3) is 0 Å². The van der Waals surface area contributed by atoms with Gasteiger partial charge in [-0.3, -0.25) is 0 Å². The monoisotopic (exact) mass is 414 g/mol. The molecule has 2 aromatic carbocycles. The van der Waals surface area contributed by atoms with Crippen LogP contribution in [0.15, 0.2) is 60.7 Å². The summed E-state index contributed by atoms with van der Waals surface area (Å²) >= 11 is 0. The van der Waals surface area contributed by atoms with Crippen molar-refractivity contribution in [2.24, 2.45) is 10.8 Å². The van der Waals surface area contributed by atoms with Crippen molar-refractivity contribution >= 4 is 18.2 Å². The normalized spacial score (nSPS) is 11.0. The number of hydrogen-bond donors (Lipinski definition) is 1. The lowest BCUT2D eigenvalue weighted by Gasteiger charge is -2.20. The van der Waals surface area contributed by atoms with E-state index >= 15 is 0 Å². The molecule has 0 saturated carbocycles. The number of benzene rings is 2. The van der Waals surface area contributed by atoms with E-state index in [1.165, 1.54) is 0 Å². The van der Waals surface area contributed by atoms with Crippen molar-refractivity contribution in [2.75, 3.05) is 19.8 Å². The van der Waals surface area contributed by atoms with Gasteiger partial charge in [-0.1, -0.05) is 50.2 Å². The highest BCUT2D eigenvalue weighted by atomic mass is 16.5. The average molecular weight is 414 g/mol. The van der Waals surface area contributed by atoms with Crippen LogP contribution in [0.25, 0.3) is 0 Å². The fraction of sp³-hybridized carbons (Fsp3) is 0.375. The third-order valence-electron chi connectivity index (χ3n) is 3.94. The Hall–Kier alpha value is -2.99. The number of rotatable bonds is 8. The van der Waals surface area contributed by atoms with E-state index in [1.807, 2.05) is 26.0 Å². The Balaban J connectivity index is 0.000000300. The number of hydrogen-bond acceptors (Lipinski definition) is 6. The van der Waals surface area contributed by atoms with Crippen molar-refractivity contribution in [2.45, 2.75) is 27.7 Å². The molecule has 2 rings (SSSR count). The lowest BCUT2D eigenvalue weighted by molar-refractivity contribution is -0.116. The van der Waals surface area contributed by atoms with E-state index < -0.39 is 11.4 Å². The molecule has 6 nitrogen and oxygen atoms in total. The predicted molar refractivity (Wildman–Crippen MR) is 114 cm³/mol. The van der Waals surface area contributed by atoms with Gasteiger partial charge in [0.15, 0.2) is 0 Å². The second-order valence-electron chi connectivity index (χ2n) is 8.31. The van der Waals surface area contributed by atoms with E-state index in [-0.39, 0.29) is 31.2 Å². The minimum Gasteiger partial charge on any atom is -0.461 e. The average Bonchev–Trinajstić information content (AvgIpc) is 2.77. The number of aldehydes is 1. The van der Waals surface area contributed by atoms with Crippen LogP contribution in [0.2, 0.25) is 0 Å². The number of carbonyl (C=O) groups excluding carboxylic acids is 3. The van der Waals surface area contributed by atoms with Crippen LogP contribution in [0.4, 0.5) is 0 Å². The molecule has 0 spiro atoms. The highest BCUT2D eigenvalue weighted by molar-refractivity contribution is 5.89. The molecule has 0 fully saturated rings. The van der Waals surface area contributed by atoms with Crippen molar-refractivity contribution in [3.05, 3.63) is 71.8 Å². The Morgan fingerprint density at radius 2 is 1.20 bits per heavy atom. The molecule has 0 heterocycles. The summed E-state index contributed by atoms with van der Waals surface area (Å²) in [7, 11) is 0. The van der Waals surface area contributed by atoms with Crippen LogP contribution in [-0.2, 0) is 14.3 Å². The highest BCUT2D eigenvalue weighted by Gasteiger charge is 2.20. The summed E-state index contributed by atoms with van der Waals surface area (Å²) in [5, 5.41) is 8.99. The lowest BCUT2D eigenvalue weighted by Crippen LogP contribution is -2.25. The predicted octanol–water partition coefficient (Wildman–Crippen LogP) is 3.93. The molecule has 0 unspecified atom stereocenters. The van der Waals surface area contributed by atoms with E-state index in [0.29, 0.717) is 11.1 Å². The smallest absolute Gasteiger partial charge is 0.338 e. The molecule has 0 radical (unpaired) electrons. The van der Waals surface area contributed by atoms with Gasteiger partial charge in [-0.2, -0.15) is 0 Å². The molecule has 0 aliphatic rings. The molecular weight excluding hydrogens is 384 g/mol. The lowest BCUT2D eigenvalue weighted by atomic mass is 9.96. The molecular formula is C24H30O6. The number of aliphatic hydroxyl groups is 1. The second-order valence-corrected chi connectivity index (χ2v) is 8.31. The maximum absolute atomic E-state index is 11.5. The molecule has 2 aromatic rings. The SMILES string of the molecule is CC(C)(C=O)COC(=O)c1ccccc1.CC(C)(CO)COC(=O)c1ccccc1. The van der Waals surface area contributed by atoms with Gasteiger partial charge in [0.1, 0.15) is 12.9 Å². The molecule has 162 valence electrons. The topological polar surface area (TPSA) is 89.9 Å². The maximum Gasteiger partial charge on any atom is 0.338 e. The molecule has 0 atom stereocenters. The Morgan fingerprint density at radius 1 is 0.800 bits per heavy atom. The Labute approximate surface area is 177 Å². The fourth-order valence-corrected chi connectivity index (χ4v) is 1.91. The molecule has 0 aromatic heterocycles. The minimum absolute atomic E-state index is 0.00489. The highest BCUT2D eigenvalue weighted by Crippen LogP contribution is 2.15. The van der Waals surface area contributed by atoms with Gasteiger partial charge in [0, 0.05) is 5.41 Å². The van der Waals surface area contributed by atoms with Crippen molar-refractivity contribution in [1.82, 2.24) is 0 Å². The summed E-state index contributed by atoms with van der Waals surface area (Å²) < 4.78 is 10.1. The van der Waals surface area contributed by atoms with Crippen molar-refractivity contribution in [3.8, 4) is 0 Å². The number of esters is 2. The van der Waals surface area contributed by atoms with E-state index in [4.69, 9.17) is 14.6 Å². The first-order chi connectivity index (χ1) is 14.1. The quantitative estimate of drug-likeness (QED) is 0.520. The minimum atomic E-state index is -0.621. The third-order valence-corrected chi connectivity index (χ3v) is 3.94. The first-order valence-electron chi connectivity index (χ1n) is 9.62. The number of carbonyl (C=O) groups is 3. The summed E-state index contributed by atoms with van der Waals surface area (Å²) in [6.45, 7) is 7.43. The maximum atomic E-state index is 11.5. The van der Waals surface area contributed by atoms with Crippen LogP contribution < -0.4 is 0 Å². The van der Waals surface area contributed by atoms with Gasteiger partial charge >= 0.3 is 11.9 Å². The first kappa shape index (κ1) is 25.0. The summed E-state index contributed by atoms with van der Waals surface area (Å²) in [5.41, 5.74) is 0.0277. The van der Waals surface area contributed by atoms with Crippen molar-refractivity contribution in [3.63, 3.8) is 0 Å². The molecule has 1 N–H and O–H groups in total. The van der Waals surface area contributed by atoms with Crippen LogP contribution in [0, 0.1) is 10.8 Å². The zero-order valence-corrected chi connectivity index (χ0v) is 18.0. The van der Waals surface area contributed by atoms with E-state index in [1.54, 1.807) is 62.4 Å². The van der Waals surface area contributed by atoms with Gasteiger partial charge in [-0.25, -0.2) is 9.59 Å². The van der Waals surface area contributed by atoms with Gasteiger partial charge in [-0.15, -0.1) is 0 Å². The van der Waals surface area contributed by atoms with Crippen LogP contribution in [0.5, 0.6) is 0 Å². The summed E-state index contributed by atoms with van der Waals surface area (Å²) in [6, 6.07) is 17.5.